The number of nitrogens with zero attached hydrogens (tertiary/aromatic N) is 1. The molecule has 152 valence electrons. The lowest BCUT2D eigenvalue weighted by Crippen LogP contribution is -2.49. The zero-order chi connectivity index (χ0) is 20.7. The molecule has 1 unspecified atom stereocenters. The van der Waals surface area contributed by atoms with Crippen LogP contribution < -0.4 is 14.4 Å². The van der Waals surface area contributed by atoms with E-state index in [1.165, 1.54) is 4.31 Å². The number of carbonyl (C=O) groups excluding carboxylic acids is 1. The van der Waals surface area contributed by atoms with Crippen LogP contribution in [0.1, 0.15) is 31.4 Å². The predicted octanol–water partition coefficient (Wildman–Crippen LogP) is 3.25. The van der Waals surface area contributed by atoms with Gasteiger partial charge in [0.25, 0.3) is 0 Å². The summed E-state index contributed by atoms with van der Waals surface area (Å²) < 4.78 is 31.5. The second-order valence-electron chi connectivity index (χ2n) is 6.62. The summed E-state index contributed by atoms with van der Waals surface area (Å²) in [4.78, 5) is 12.8. The first-order valence-corrected chi connectivity index (χ1v) is 11.2. The molecule has 6 nitrogen and oxygen atoms in total. The Bertz CT molecular complexity index is 895. The number of carbonyl (C=O) groups is 1. The van der Waals surface area contributed by atoms with Crippen molar-refractivity contribution in [3.8, 4) is 5.75 Å². The number of aryl methyl sites for hydroxylation is 1. The van der Waals surface area contributed by atoms with Crippen LogP contribution in [0.25, 0.3) is 0 Å². The number of amides is 1. The summed E-state index contributed by atoms with van der Waals surface area (Å²) in [5.41, 5.74) is 2.33. The van der Waals surface area contributed by atoms with Crippen LogP contribution in [0, 0.1) is 6.92 Å². The molecule has 0 fully saturated rings. The van der Waals surface area contributed by atoms with Crippen molar-refractivity contribution in [3.05, 3.63) is 59.7 Å². The lowest BCUT2D eigenvalue weighted by molar-refractivity contribution is -0.122. The molecular formula is C21H28N2O4S. The SMILES string of the molecule is CCOc1ccc(CNC(=O)C(CC)N(c2cccc(C)c2)S(C)(=O)=O)cc1. The Balaban J connectivity index is 2.17. The number of rotatable bonds is 9. The minimum atomic E-state index is -3.63. The van der Waals surface area contributed by atoms with E-state index in [4.69, 9.17) is 4.74 Å². The van der Waals surface area contributed by atoms with E-state index in [0.717, 1.165) is 23.1 Å². The zero-order valence-electron chi connectivity index (χ0n) is 16.8. The van der Waals surface area contributed by atoms with Gasteiger partial charge in [0.05, 0.1) is 18.6 Å². The van der Waals surface area contributed by atoms with E-state index < -0.39 is 16.1 Å². The van der Waals surface area contributed by atoms with E-state index in [2.05, 4.69) is 5.32 Å². The van der Waals surface area contributed by atoms with Gasteiger partial charge < -0.3 is 10.1 Å². The molecule has 0 radical (unpaired) electrons. The van der Waals surface area contributed by atoms with Gasteiger partial charge in [-0.2, -0.15) is 0 Å². The summed E-state index contributed by atoms with van der Waals surface area (Å²) in [7, 11) is -3.63. The van der Waals surface area contributed by atoms with Gasteiger partial charge in [-0.1, -0.05) is 31.2 Å². The van der Waals surface area contributed by atoms with Crippen LogP contribution in [-0.2, 0) is 21.4 Å². The third-order valence-corrected chi connectivity index (χ3v) is 5.47. The molecule has 7 heteroatoms. The van der Waals surface area contributed by atoms with Crippen molar-refractivity contribution in [3.63, 3.8) is 0 Å². The van der Waals surface area contributed by atoms with Crippen molar-refractivity contribution < 1.29 is 17.9 Å². The van der Waals surface area contributed by atoms with Crippen molar-refractivity contribution in [1.29, 1.82) is 0 Å². The highest BCUT2D eigenvalue weighted by Gasteiger charge is 2.31. The van der Waals surface area contributed by atoms with Gasteiger partial charge in [-0.15, -0.1) is 0 Å². The third-order valence-electron chi connectivity index (χ3n) is 4.29. The molecule has 2 aromatic rings. The van der Waals surface area contributed by atoms with Crippen molar-refractivity contribution in [2.45, 2.75) is 39.8 Å². The molecule has 1 amide bonds. The van der Waals surface area contributed by atoms with Crippen molar-refractivity contribution in [2.24, 2.45) is 0 Å². The molecule has 1 N–H and O–H groups in total. The molecule has 0 aromatic heterocycles. The molecule has 0 aliphatic rings. The zero-order valence-corrected chi connectivity index (χ0v) is 17.6. The Labute approximate surface area is 167 Å². The third kappa shape index (κ3) is 5.73. The van der Waals surface area contributed by atoms with E-state index >= 15 is 0 Å². The van der Waals surface area contributed by atoms with Crippen LogP contribution in [0.4, 0.5) is 5.69 Å². The molecule has 1 atom stereocenters. The minimum absolute atomic E-state index is 0.313. The Hall–Kier alpha value is -2.54. The second-order valence-corrected chi connectivity index (χ2v) is 8.48. The smallest absolute Gasteiger partial charge is 0.244 e. The first-order valence-electron chi connectivity index (χ1n) is 9.31. The minimum Gasteiger partial charge on any atom is -0.494 e. The lowest BCUT2D eigenvalue weighted by atomic mass is 10.1. The van der Waals surface area contributed by atoms with E-state index in [0.29, 0.717) is 25.3 Å². The normalized spacial score (nSPS) is 12.3. The molecule has 28 heavy (non-hydrogen) atoms. The number of sulfonamides is 1. The molecule has 0 aliphatic heterocycles. The van der Waals surface area contributed by atoms with Gasteiger partial charge in [0.2, 0.25) is 15.9 Å². The summed E-state index contributed by atoms with van der Waals surface area (Å²) in [5.74, 6) is 0.440. The fourth-order valence-electron chi connectivity index (χ4n) is 3.00. The Morgan fingerprint density at radius 1 is 1.14 bits per heavy atom. The summed E-state index contributed by atoms with van der Waals surface area (Å²) in [5, 5.41) is 2.85. The fraction of sp³-hybridized carbons (Fsp3) is 0.381. The number of ether oxygens (including phenoxy) is 1. The fourth-order valence-corrected chi connectivity index (χ4v) is 4.21. The topological polar surface area (TPSA) is 75.7 Å². The average molecular weight is 405 g/mol. The van der Waals surface area contributed by atoms with Crippen LogP contribution in [0.15, 0.2) is 48.5 Å². The van der Waals surface area contributed by atoms with Crippen LogP contribution in [0.2, 0.25) is 0 Å². The number of hydrogen-bond donors (Lipinski definition) is 1. The monoisotopic (exact) mass is 404 g/mol. The van der Waals surface area contributed by atoms with E-state index in [1.807, 2.05) is 44.2 Å². The molecule has 0 saturated heterocycles. The van der Waals surface area contributed by atoms with Crippen LogP contribution >= 0.6 is 0 Å². The highest BCUT2D eigenvalue weighted by atomic mass is 32.2. The predicted molar refractivity (Wildman–Crippen MR) is 112 cm³/mol. The van der Waals surface area contributed by atoms with Gasteiger partial charge in [0.15, 0.2) is 0 Å². The quantitative estimate of drug-likeness (QED) is 0.696. The van der Waals surface area contributed by atoms with Gasteiger partial charge >= 0.3 is 0 Å². The van der Waals surface area contributed by atoms with E-state index in [1.54, 1.807) is 25.1 Å². The molecular weight excluding hydrogens is 376 g/mol. The van der Waals surface area contributed by atoms with Crippen molar-refractivity contribution >= 4 is 21.6 Å². The lowest BCUT2D eigenvalue weighted by Gasteiger charge is -2.30. The highest BCUT2D eigenvalue weighted by Crippen LogP contribution is 2.23. The number of anilines is 1. The summed E-state index contributed by atoms with van der Waals surface area (Å²) >= 11 is 0. The Kier molecular flexibility index (Phi) is 7.45. The van der Waals surface area contributed by atoms with Crippen molar-refractivity contribution in [1.82, 2.24) is 5.32 Å². The maximum Gasteiger partial charge on any atom is 0.244 e. The van der Waals surface area contributed by atoms with Gasteiger partial charge in [-0.25, -0.2) is 8.42 Å². The standard InChI is InChI=1S/C21H28N2O4S/c1-5-20(23(28(4,25)26)18-9-7-8-16(3)14-18)21(24)22-15-17-10-12-19(13-11-17)27-6-2/h7-14,20H,5-6,15H2,1-4H3,(H,22,24). The molecule has 2 rings (SSSR count). The van der Waals surface area contributed by atoms with Crippen LogP contribution in [0.5, 0.6) is 5.75 Å². The molecule has 0 aliphatic carbocycles. The summed E-state index contributed by atoms with van der Waals surface area (Å²) in [6.45, 7) is 6.51. The first kappa shape index (κ1) is 21.8. The highest BCUT2D eigenvalue weighted by molar-refractivity contribution is 7.92. The molecule has 2 aromatic carbocycles. The maximum absolute atomic E-state index is 12.8. The van der Waals surface area contributed by atoms with E-state index in [-0.39, 0.29) is 5.91 Å². The number of nitrogens with one attached hydrogen (secondary N) is 1. The second kappa shape index (κ2) is 9.59. The first-order chi connectivity index (χ1) is 13.3. The van der Waals surface area contributed by atoms with Gasteiger partial charge in [0, 0.05) is 6.54 Å². The van der Waals surface area contributed by atoms with Crippen molar-refractivity contribution in [2.75, 3.05) is 17.2 Å². The van der Waals surface area contributed by atoms with Gasteiger partial charge in [-0.3, -0.25) is 9.10 Å². The largest absolute Gasteiger partial charge is 0.494 e. The van der Waals surface area contributed by atoms with Gasteiger partial charge in [-0.05, 0) is 55.7 Å². The molecule has 0 spiro atoms. The summed E-state index contributed by atoms with van der Waals surface area (Å²) in [6, 6.07) is 13.8. The summed E-state index contributed by atoms with van der Waals surface area (Å²) in [6.07, 6.45) is 1.48. The van der Waals surface area contributed by atoms with Gasteiger partial charge in [0.1, 0.15) is 11.8 Å². The number of hydrogen-bond acceptors (Lipinski definition) is 4. The molecule has 0 bridgehead atoms. The maximum atomic E-state index is 12.8. The van der Waals surface area contributed by atoms with E-state index in [9.17, 15) is 13.2 Å². The molecule has 0 saturated carbocycles. The average Bonchev–Trinajstić information content (AvgIpc) is 2.64. The van der Waals surface area contributed by atoms with Crippen LogP contribution in [0.3, 0.4) is 0 Å². The number of benzene rings is 2. The Morgan fingerprint density at radius 2 is 1.82 bits per heavy atom. The molecule has 0 heterocycles. The Morgan fingerprint density at radius 3 is 2.36 bits per heavy atom. The van der Waals surface area contributed by atoms with Crippen LogP contribution in [-0.4, -0.2) is 33.2 Å².